The zero-order chi connectivity index (χ0) is 15.8. The fourth-order valence-electron chi connectivity index (χ4n) is 1.76. The lowest BCUT2D eigenvalue weighted by Gasteiger charge is -2.21. The van der Waals surface area contributed by atoms with Crippen LogP contribution in [0.15, 0.2) is 24.3 Å². The van der Waals surface area contributed by atoms with Crippen LogP contribution < -0.4 is 5.32 Å². The Hall–Kier alpha value is -2.08. The molecule has 2 amide bonds. The summed E-state index contributed by atoms with van der Waals surface area (Å²) in [6.45, 7) is 1.40. The van der Waals surface area contributed by atoms with E-state index in [9.17, 15) is 9.59 Å². The van der Waals surface area contributed by atoms with Gasteiger partial charge in [-0.05, 0) is 32.1 Å². The van der Waals surface area contributed by atoms with Gasteiger partial charge in [-0.2, -0.15) is 0 Å². The second-order valence-electron chi connectivity index (χ2n) is 5.21. The predicted octanol–water partition coefficient (Wildman–Crippen LogP) is 1.73. The molecule has 6 heteroatoms. The van der Waals surface area contributed by atoms with E-state index in [-0.39, 0.29) is 12.5 Å². The first kappa shape index (κ1) is 17.0. The Bertz CT molecular complexity index is 489. The van der Waals surface area contributed by atoms with Crippen LogP contribution in [0.2, 0.25) is 0 Å². The highest BCUT2D eigenvalue weighted by atomic mass is 16.4. The number of nitrogens with one attached hydrogen (secondary N) is 1. The van der Waals surface area contributed by atoms with Crippen LogP contribution in [0.5, 0.6) is 0 Å². The van der Waals surface area contributed by atoms with E-state index >= 15 is 0 Å². The molecule has 0 aromatic heterocycles. The summed E-state index contributed by atoms with van der Waals surface area (Å²) in [7, 11) is 5.64. The van der Waals surface area contributed by atoms with Gasteiger partial charge in [0.15, 0.2) is 0 Å². The summed E-state index contributed by atoms with van der Waals surface area (Å²) in [5.41, 5.74) is 1.50. The first-order valence-electron chi connectivity index (χ1n) is 6.86. The zero-order valence-electron chi connectivity index (χ0n) is 12.8. The van der Waals surface area contributed by atoms with Gasteiger partial charge in [-0.25, -0.2) is 4.79 Å². The largest absolute Gasteiger partial charge is 0.481 e. The molecule has 0 radical (unpaired) electrons. The zero-order valence-corrected chi connectivity index (χ0v) is 12.8. The number of aryl methyl sites for hydroxylation is 1. The maximum Gasteiger partial charge on any atom is 0.321 e. The topological polar surface area (TPSA) is 72.9 Å². The van der Waals surface area contributed by atoms with Crippen LogP contribution in [0.4, 0.5) is 10.5 Å². The second kappa shape index (κ2) is 8.26. The number of para-hydroxylation sites is 1. The molecule has 0 saturated carbocycles. The highest BCUT2D eigenvalue weighted by Gasteiger charge is 2.11. The highest BCUT2D eigenvalue weighted by Crippen LogP contribution is 2.17. The Kier molecular flexibility index (Phi) is 6.68. The van der Waals surface area contributed by atoms with E-state index in [0.717, 1.165) is 12.1 Å². The molecule has 6 nitrogen and oxygen atoms in total. The van der Waals surface area contributed by atoms with Gasteiger partial charge < -0.3 is 20.2 Å². The molecule has 0 fully saturated rings. The van der Waals surface area contributed by atoms with Gasteiger partial charge in [-0.15, -0.1) is 0 Å². The van der Waals surface area contributed by atoms with Crippen LogP contribution in [-0.2, 0) is 11.2 Å². The van der Waals surface area contributed by atoms with Crippen molar-refractivity contribution >= 4 is 17.7 Å². The van der Waals surface area contributed by atoms with E-state index < -0.39 is 5.97 Å². The normalized spacial score (nSPS) is 10.5. The lowest BCUT2D eigenvalue weighted by Crippen LogP contribution is -2.36. The maximum atomic E-state index is 12.1. The Morgan fingerprint density at radius 1 is 1.14 bits per heavy atom. The number of aliphatic carboxylic acids is 1. The summed E-state index contributed by atoms with van der Waals surface area (Å²) in [4.78, 5) is 26.4. The molecule has 0 unspecified atom stereocenters. The van der Waals surface area contributed by atoms with Gasteiger partial charge in [-0.1, -0.05) is 18.2 Å². The summed E-state index contributed by atoms with van der Waals surface area (Å²) < 4.78 is 0. The van der Waals surface area contributed by atoms with Crippen molar-refractivity contribution < 1.29 is 14.7 Å². The minimum Gasteiger partial charge on any atom is -0.481 e. The number of rotatable bonds is 7. The van der Waals surface area contributed by atoms with E-state index in [4.69, 9.17) is 5.11 Å². The van der Waals surface area contributed by atoms with Crippen LogP contribution >= 0.6 is 0 Å². The Balaban J connectivity index is 2.64. The van der Waals surface area contributed by atoms with Gasteiger partial charge in [0.1, 0.15) is 0 Å². The number of carboxylic acids is 1. The molecule has 21 heavy (non-hydrogen) atoms. The number of likely N-dealkylation sites (N-methyl/N-ethyl adjacent to an activating group) is 2. The van der Waals surface area contributed by atoms with Gasteiger partial charge in [-0.3, -0.25) is 4.79 Å². The SMILES string of the molecule is CN(C)CCN(C)C(=O)Nc1ccccc1CCC(=O)O. The predicted molar refractivity (Wildman–Crippen MR) is 82.6 cm³/mol. The molecular weight excluding hydrogens is 270 g/mol. The molecule has 0 spiro atoms. The molecule has 0 saturated heterocycles. The van der Waals surface area contributed by atoms with Crippen molar-refractivity contribution in [1.29, 1.82) is 0 Å². The summed E-state index contributed by atoms with van der Waals surface area (Å²) in [5, 5.41) is 11.6. The van der Waals surface area contributed by atoms with Gasteiger partial charge in [0.05, 0.1) is 0 Å². The number of anilines is 1. The molecule has 0 aliphatic carbocycles. The molecular formula is C15H23N3O3. The maximum absolute atomic E-state index is 12.1. The Morgan fingerprint density at radius 3 is 2.43 bits per heavy atom. The number of hydrogen-bond acceptors (Lipinski definition) is 3. The van der Waals surface area contributed by atoms with Crippen molar-refractivity contribution in [3.05, 3.63) is 29.8 Å². The number of carbonyl (C=O) groups excluding carboxylic acids is 1. The molecule has 1 rings (SSSR count). The standard InChI is InChI=1S/C15H23N3O3/c1-17(2)10-11-18(3)15(21)16-13-7-5-4-6-12(13)8-9-14(19)20/h4-7H,8-11H2,1-3H3,(H,16,21)(H,19,20). The average molecular weight is 293 g/mol. The van der Waals surface area contributed by atoms with Crippen molar-refractivity contribution in [2.75, 3.05) is 39.5 Å². The first-order chi connectivity index (χ1) is 9.90. The number of amides is 2. The summed E-state index contributed by atoms with van der Waals surface area (Å²) in [6, 6.07) is 7.08. The van der Waals surface area contributed by atoms with Crippen molar-refractivity contribution in [2.45, 2.75) is 12.8 Å². The molecule has 0 heterocycles. The average Bonchev–Trinajstić information content (AvgIpc) is 2.43. The van der Waals surface area contributed by atoms with E-state index in [1.165, 1.54) is 0 Å². The van der Waals surface area contributed by atoms with Gasteiger partial charge in [0.25, 0.3) is 0 Å². The number of urea groups is 1. The fraction of sp³-hybridized carbons (Fsp3) is 0.467. The molecule has 116 valence electrons. The minimum absolute atomic E-state index is 0.0450. The monoisotopic (exact) mass is 293 g/mol. The number of nitrogens with zero attached hydrogens (tertiary/aromatic N) is 2. The van der Waals surface area contributed by atoms with Crippen LogP contribution in [0.1, 0.15) is 12.0 Å². The minimum atomic E-state index is -0.848. The quantitative estimate of drug-likeness (QED) is 0.803. The van der Waals surface area contributed by atoms with Crippen molar-refractivity contribution in [3.8, 4) is 0 Å². The third kappa shape index (κ3) is 6.27. The summed E-state index contributed by atoms with van der Waals surface area (Å²) in [5.74, 6) is -0.848. The van der Waals surface area contributed by atoms with Crippen LogP contribution in [0.3, 0.4) is 0 Å². The molecule has 1 aromatic rings. The lowest BCUT2D eigenvalue weighted by molar-refractivity contribution is -0.136. The highest BCUT2D eigenvalue weighted by molar-refractivity contribution is 5.90. The van der Waals surface area contributed by atoms with Crippen LogP contribution in [-0.4, -0.2) is 61.1 Å². The van der Waals surface area contributed by atoms with Crippen molar-refractivity contribution in [2.24, 2.45) is 0 Å². The number of benzene rings is 1. The third-order valence-electron chi connectivity index (χ3n) is 3.10. The Morgan fingerprint density at radius 2 is 1.81 bits per heavy atom. The molecule has 0 aliphatic heterocycles. The third-order valence-corrected chi connectivity index (χ3v) is 3.10. The van der Waals surface area contributed by atoms with Gasteiger partial charge in [0.2, 0.25) is 0 Å². The van der Waals surface area contributed by atoms with E-state index in [0.29, 0.717) is 18.7 Å². The van der Waals surface area contributed by atoms with Gasteiger partial charge in [0, 0.05) is 32.2 Å². The lowest BCUT2D eigenvalue weighted by atomic mass is 10.1. The van der Waals surface area contributed by atoms with Crippen molar-refractivity contribution in [1.82, 2.24) is 9.80 Å². The van der Waals surface area contributed by atoms with Crippen molar-refractivity contribution in [3.63, 3.8) is 0 Å². The van der Waals surface area contributed by atoms with Crippen LogP contribution in [0.25, 0.3) is 0 Å². The summed E-state index contributed by atoms with van der Waals surface area (Å²) >= 11 is 0. The first-order valence-corrected chi connectivity index (χ1v) is 6.86. The van der Waals surface area contributed by atoms with E-state index in [1.807, 2.05) is 37.2 Å². The number of hydrogen-bond donors (Lipinski definition) is 2. The smallest absolute Gasteiger partial charge is 0.321 e. The number of carboxylic acid groups (broad SMARTS) is 1. The molecule has 2 N–H and O–H groups in total. The summed E-state index contributed by atoms with van der Waals surface area (Å²) in [6.07, 6.45) is 0.441. The fourth-order valence-corrected chi connectivity index (χ4v) is 1.76. The number of carbonyl (C=O) groups is 2. The molecule has 0 aliphatic rings. The molecule has 0 bridgehead atoms. The molecule has 1 aromatic carbocycles. The van der Waals surface area contributed by atoms with Gasteiger partial charge >= 0.3 is 12.0 Å². The second-order valence-corrected chi connectivity index (χ2v) is 5.21. The van der Waals surface area contributed by atoms with Crippen LogP contribution in [0, 0.1) is 0 Å². The van der Waals surface area contributed by atoms with E-state index in [1.54, 1.807) is 18.0 Å². The van der Waals surface area contributed by atoms with E-state index in [2.05, 4.69) is 5.32 Å². The Labute approximate surface area is 125 Å². The molecule has 0 atom stereocenters.